The minimum Gasteiger partial charge on any atom is -0.324 e. The predicted molar refractivity (Wildman–Crippen MR) is 108 cm³/mol. The second kappa shape index (κ2) is 6.95. The number of Topliss-reactive ketones (excluding diaryl/α,β-unsaturated/α-hetero) is 1. The third-order valence-electron chi connectivity index (χ3n) is 5.22. The molecule has 1 heterocycles. The van der Waals surface area contributed by atoms with Gasteiger partial charge in [0.25, 0.3) is 0 Å². The Morgan fingerprint density at radius 3 is 2.56 bits per heavy atom. The summed E-state index contributed by atoms with van der Waals surface area (Å²) in [5.41, 5.74) is 6.89. The summed E-state index contributed by atoms with van der Waals surface area (Å²) < 4.78 is 0. The van der Waals surface area contributed by atoms with Crippen molar-refractivity contribution in [3.8, 4) is 0 Å². The van der Waals surface area contributed by atoms with Gasteiger partial charge >= 0.3 is 0 Å². The summed E-state index contributed by atoms with van der Waals surface area (Å²) in [7, 11) is 0. The van der Waals surface area contributed by atoms with Crippen LogP contribution >= 0.6 is 0 Å². The van der Waals surface area contributed by atoms with Crippen LogP contribution in [0.5, 0.6) is 0 Å². The Morgan fingerprint density at radius 1 is 0.963 bits per heavy atom. The molecule has 1 aromatic heterocycles. The number of rotatable bonds is 3. The van der Waals surface area contributed by atoms with E-state index in [0.717, 1.165) is 23.5 Å². The number of benzene rings is 2. The Morgan fingerprint density at radius 2 is 1.78 bits per heavy atom. The van der Waals surface area contributed by atoms with Crippen LogP contribution in [0.2, 0.25) is 0 Å². The van der Waals surface area contributed by atoms with Crippen molar-refractivity contribution >= 4 is 17.4 Å². The van der Waals surface area contributed by atoms with Crippen molar-refractivity contribution in [2.75, 3.05) is 5.32 Å². The average molecular weight is 357 g/mol. The zero-order chi connectivity index (χ0) is 19.0. The van der Waals surface area contributed by atoms with E-state index in [-0.39, 0.29) is 11.7 Å². The van der Waals surface area contributed by atoms with Crippen LogP contribution in [0, 0.1) is 20.8 Å². The highest BCUT2D eigenvalue weighted by atomic mass is 16.1. The molecule has 4 rings (SSSR count). The lowest BCUT2D eigenvalue weighted by atomic mass is 9.80. The normalized spacial score (nSPS) is 16.1. The van der Waals surface area contributed by atoms with Crippen LogP contribution < -0.4 is 5.32 Å². The first-order chi connectivity index (χ1) is 13.0. The summed E-state index contributed by atoms with van der Waals surface area (Å²) in [6, 6.07) is 16.4. The highest BCUT2D eigenvalue weighted by molar-refractivity contribution is 5.99. The fourth-order valence-corrected chi connectivity index (χ4v) is 3.95. The molecule has 1 atom stereocenters. The van der Waals surface area contributed by atoms with E-state index >= 15 is 0 Å². The van der Waals surface area contributed by atoms with E-state index in [0.29, 0.717) is 17.9 Å². The van der Waals surface area contributed by atoms with Gasteiger partial charge in [0.2, 0.25) is 5.95 Å². The van der Waals surface area contributed by atoms with Gasteiger partial charge in [0, 0.05) is 12.1 Å². The first-order valence-electron chi connectivity index (χ1n) is 9.31. The third-order valence-corrected chi connectivity index (χ3v) is 5.22. The molecule has 0 radical (unpaired) electrons. The maximum absolute atomic E-state index is 12.8. The molecule has 0 fully saturated rings. The number of fused-ring (bicyclic) bond motifs is 1. The SMILES string of the molecule is Cc1cccc(Nc2nc(C)c3c(n2)CC(c2ccccc2C)CC3=O)c1. The van der Waals surface area contributed by atoms with Crippen molar-refractivity contribution < 1.29 is 4.79 Å². The molecule has 0 bridgehead atoms. The van der Waals surface area contributed by atoms with Gasteiger partial charge < -0.3 is 5.32 Å². The molecule has 1 unspecified atom stereocenters. The fraction of sp³-hybridized carbons (Fsp3) is 0.261. The summed E-state index contributed by atoms with van der Waals surface area (Å²) >= 11 is 0. The van der Waals surface area contributed by atoms with Gasteiger partial charge in [-0.3, -0.25) is 4.79 Å². The summed E-state index contributed by atoms with van der Waals surface area (Å²) in [6.07, 6.45) is 1.28. The van der Waals surface area contributed by atoms with Crippen molar-refractivity contribution in [2.45, 2.75) is 39.5 Å². The highest BCUT2D eigenvalue weighted by Crippen LogP contribution is 2.34. The summed E-state index contributed by atoms with van der Waals surface area (Å²) in [4.78, 5) is 22.1. The van der Waals surface area contributed by atoms with Crippen molar-refractivity contribution in [1.29, 1.82) is 0 Å². The van der Waals surface area contributed by atoms with Crippen LogP contribution in [0.3, 0.4) is 0 Å². The smallest absolute Gasteiger partial charge is 0.227 e. The van der Waals surface area contributed by atoms with Crippen LogP contribution in [-0.2, 0) is 6.42 Å². The Bertz CT molecular complexity index is 1030. The van der Waals surface area contributed by atoms with Gasteiger partial charge in [-0.2, -0.15) is 0 Å². The minimum absolute atomic E-state index is 0.143. The fourth-order valence-electron chi connectivity index (χ4n) is 3.95. The highest BCUT2D eigenvalue weighted by Gasteiger charge is 2.30. The zero-order valence-corrected chi connectivity index (χ0v) is 15.9. The second-order valence-electron chi connectivity index (χ2n) is 7.33. The lowest BCUT2D eigenvalue weighted by Crippen LogP contribution is -2.23. The number of aromatic nitrogens is 2. The monoisotopic (exact) mass is 357 g/mol. The van der Waals surface area contributed by atoms with E-state index in [1.165, 1.54) is 16.7 Å². The van der Waals surface area contributed by atoms with E-state index in [4.69, 9.17) is 4.98 Å². The van der Waals surface area contributed by atoms with Crippen molar-refractivity contribution in [3.63, 3.8) is 0 Å². The number of nitrogens with one attached hydrogen (secondary N) is 1. The summed E-state index contributed by atoms with van der Waals surface area (Å²) in [5, 5.41) is 3.28. The molecule has 0 aliphatic heterocycles. The summed E-state index contributed by atoms with van der Waals surface area (Å²) in [6.45, 7) is 6.05. The lowest BCUT2D eigenvalue weighted by molar-refractivity contribution is 0.0962. The topological polar surface area (TPSA) is 54.9 Å². The number of carbonyl (C=O) groups excluding carboxylic acids is 1. The van der Waals surface area contributed by atoms with E-state index < -0.39 is 0 Å². The third kappa shape index (κ3) is 3.47. The average Bonchev–Trinajstić information content (AvgIpc) is 2.61. The largest absolute Gasteiger partial charge is 0.324 e. The number of carbonyl (C=O) groups is 1. The molecule has 2 aromatic carbocycles. The molecule has 27 heavy (non-hydrogen) atoms. The Hall–Kier alpha value is -3.01. The van der Waals surface area contributed by atoms with Gasteiger partial charge in [-0.1, -0.05) is 36.4 Å². The molecule has 4 heteroatoms. The molecule has 0 saturated carbocycles. The van der Waals surface area contributed by atoms with Crippen molar-refractivity contribution in [2.24, 2.45) is 0 Å². The number of aryl methyl sites for hydroxylation is 3. The maximum Gasteiger partial charge on any atom is 0.227 e. The molecule has 1 aliphatic carbocycles. The van der Waals surface area contributed by atoms with Gasteiger partial charge in [0.05, 0.1) is 17.0 Å². The molecule has 1 aliphatic rings. The van der Waals surface area contributed by atoms with Crippen LogP contribution in [-0.4, -0.2) is 15.8 Å². The molecule has 4 nitrogen and oxygen atoms in total. The number of hydrogen-bond acceptors (Lipinski definition) is 4. The molecule has 1 N–H and O–H groups in total. The van der Waals surface area contributed by atoms with Crippen molar-refractivity contribution in [1.82, 2.24) is 9.97 Å². The number of hydrogen-bond donors (Lipinski definition) is 1. The number of nitrogens with zero attached hydrogens (tertiary/aromatic N) is 2. The van der Waals surface area contributed by atoms with E-state index in [2.05, 4.69) is 48.4 Å². The second-order valence-corrected chi connectivity index (χ2v) is 7.33. The van der Waals surface area contributed by atoms with Gasteiger partial charge in [0.1, 0.15) is 0 Å². The quantitative estimate of drug-likeness (QED) is 0.712. The van der Waals surface area contributed by atoms with Gasteiger partial charge in [-0.05, 0) is 61.9 Å². The van der Waals surface area contributed by atoms with Crippen LogP contribution in [0.1, 0.15) is 50.8 Å². The van der Waals surface area contributed by atoms with E-state index in [9.17, 15) is 4.79 Å². The molecular formula is C23H23N3O. The van der Waals surface area contributed by atoms with E-state index in [1.54, 1.807) is 0 Å². The predicted octanol–water partition coefficient (Wildman–Crippen LogP) is 5.06. The van der Waals surface area contributed by atoms with Crippen LogP contribution in [0.25, 0.3) is 0 Å². The molecule has 136 valence electrons. The molecule has 0 saturated heterocycles. The van der Waals surface area contributed by atoms with E-state index in [1.807, 2.05) is 31.2 Å². The zero-order valence-electron chi connectivity index (χ0n) is 15.9. The molecule has 3 aromatic rings. The molecule has 0 amide bonds. The standard InChI is InChI=1S/C23H23N3O/c1-14-7-6-9-18(11-14)25-23-24-16(3)22-20(26-23)12-17(13-21(22)27)19-10-5-4-8-15(19)2/h4-11,17H,12-13H2,1-3H3,(H,24,25,26). The van der Waals surface area contributed by atoms with Gasteiger partial charge in [0.15, 0.2) is 5.78 Å². The van der Waals surface area contributed by atoms with Crippen LogP contribution in [0.4, 0.5) is 11.6 Å². The first-order valence-corrected chi connectivity index (χ1v) is 9.31. The lowest BCUT2D eigenvalue weighted by Gasteiger charge is -2.25. The molecule has 0 spiro atoms. The maximum atomic E-state index is 12.8. The minimum atomic E-state index is 0.143. The Kier molecular flexibility index (Phi) is 4.48. The molecular weight excluding hydrogens is 334 g/mol. The van der Waals surface area contributed by atoms with Crippen molar-refractivity contribution in [3.05, 3.63) is 82.2 Å². The Balaban J connectivity index is 1.69. The van der Waals surface area contributed by atoms with Gasteiger partial charge in [-0.15, -0.1) is 0 Å². The van der Waals surface area contributed by atoms with Gasteiger partial charge in [-0.25, -0.2) is 9.97 Å². The number of anilines is 2. The first kappa shape index (κ1) is 17.4. The number of ketones is 1. The van der Waals surface area contributed by atoms with Crippen LogP contribution in [0.15, 0.2) is 48.5 Å². The summed E-state index contributed by atoms with van der Waals surface area (Å²) in [5.74, 6) is 0.867. The Labute approximate surface area is 159 Å².